The Kier molecular flexibility index (Phi) is 4.47. The van der Waals surface area contributed by atoms with Crippen LogP contribution in [0.2, 0.25) is 0 Å². The predicted molar refractivity (Wildman–Crippen MR) is 74.7 cm³/mol. The minimum Gasteiger partial charge on any atom is -0.308 e. The van der Waals surface area contributed by atoms with Crippen molar-refractivity contribution < 1.29 is 0 Å². The summed E-state index contributed by atoms with van der Waals surface area (Å²) in [7, 11) is 0. The maximum atomic E-state index is 6.37. The molecule has 1 aromatic rings. The number of aryl methyl sites for hydroxylation is 2. The zero-order valence-electron chi connectivity index (χ0n) is 10.8. The number of nitrogens with one attached hydrogen (secondary N) is 1. The van der Waals surface area contributed by atoms with Crippen LogP contribution in [0.1, 0.15) is 42.4 Å². The van der Waals surface area contributed by atoms with Gasteiger partial charge in [0.1, 0.15) is 0 Å². The van der Waals surface area contributed by atoms with E-state index in [-0.39, 0.29) is 0 Å². The molecule has 1 N–H and O–H groups in total. The van der Waals surface area contributed by atoms with Crippen LogP contribution in [0.15, 0.2) is 18.2 Å². The highest BCUT2D eigenvalue weighted by Gasteiger charge is 2.22. The van der Waals surface area contributed by atoms with Crippen molar-refractivity contribution in [1.29, 1.82) is 0 Å². The summed E-state index contributed by atoms with van der Waals surface area (Å²) < 4.78 is 0. The van der Waals surface area contributed by atoms with Gasteiger partial charge in [0.05, 0.1) is 0 Å². The second-order valence-corrected chi connectivity index (χ2v) is 5.72. The van der Waals surface area contributed by atoms with Crippen LogP contribution in [-0.2, 0) is 6.54 Å². The van der Waals surface area contributed by atoms with Gasteiger partial charge in [0.25, 0.3) is 0 Å². The van der Waals surface area contributed by atoms with Crippen LogP contribution in [0.5, 0.6) is 0 Å². The van der Waals surface area contributed by atoms with E-state index in [0.717, 1.165) is 13.0 Å². The highest BCUT2D eigenvalue weighted by atomic mass is 35.5. The van der Waals surface area contributed by atoms with E-state index in [1.807, 2.05) is 0 Å². The Morgan fingerprint density at radius 3 is 2.47 bits per heavy atom. The van der Waals surface area contributed by atoms with E-state index in [1.165, 1.54) is 36.0 Å². The molecule has 2 atom stereocenters. The molecule has 0 spiro atoms. The monoisotopic (exact) mass is 251 g/mol. The quantitative estimate of drug-likeness (QED) is 0.803. The van der Waals surface area contributed by atoms with E-state index in [9.17, 15) is 0 Å². The van der Waals surface area contributed by atoms with Gasteiger partial charge in [-0.3, -0.25) is 0 Å². The van der Waals surface area contributed by atoms with Crippen molar-refractivity contribution in [3.63, 3.8) is 0 Å². The van der Waals surface area contributed by atoms with Crippen molar-refractivity contribution in [2.75, 3.05) is 0 Å². The topological polar surface area (TPSA) is 12.0 Å². The number of hydrogen-bond acceptors (Lipinski definition) is 1. The van der Waals surface area contributed by atoms with Crippen molar-refractivity contribution in [3.8, 4) is 0 Å². The highest BCUT2D eigenvalue weighted by Crippen LogP contribution is 2.23. The smallest absolute Gasteiger partial charge is 0.0489 e. The Morgan fingerprint density at radius 1 is 1.18 bits per heavy atom. The van der Waals surface area contributed by atoms with E-state index in [0.29, 0.717) is 11.4 Å². The lowest BCUT2D eigenvalue weighted by Gasteiger charge is -2.28. The predicted octanol–water partition coefficient (Wildman–Crippen LogP) is 3.94. The standard InChI is InChI=1S/C15H22ClN/c1-11-6-5-7-12(2)13(11)10-17-15-9-4-3-8-14(15)16/h5-7,14-15,17H,3-4,8-10H2,1-2H3. The number of rotatable bonds is 3. The van der Waals surface area contributed by atoms with Crippen LogP contribution in [-0.4, -0.2) is 11.4 Å². The molecule has 0 bridgehead atoms. The first-order chi connectivity index (χ1) is 8.18. The molecule has 0 heterocycles. The number of benzene rings is 1. The maximum absolute atomic E-state index is 6.37. The normalized spacial score (nSPS) is 24.9. The average Bonchev–Trinajstić information content (AvgIpc) is 2.30. The fourth-order valence-corrected chi connectivity index (χ4v) is 3.05. The average molecular weight is 252 g/mol. The van der Waals surface area contributed by atoms with E-state index >= 15 is 0 Å². The molecule has 1 aromatic carbocycles. The summed E-state index contributed by atoms with van der Waals surface area (Å²) in [6.07, 6.45) is 4.98. The Balaban J connectivity index is 1.97. The SMILES string of the molecule is Cc1cccc(C)c1CNC1CCCCC1Cl. The second kappa shape index (κ2) is 5.88. The molecule has 1 aliphatic carbocycles. The summed E-state index contributed by atoms with van der Waals surface area (Å²) in [5, 5.41) is 3.95. The number of alkyl halides is 1. The molecule has 1 saturated carbocycles. The van der Waals surface area contributed by atoms with Gasteiger partial charge in [-0.05, 0) is 43.4 Å². The van der Waals surface area contributed by atoms with Gasteiger partial charge in [-0.15, -0.1) is 11.6 Å². The van der Waals surface area contributed by atoms with Crippen LogP contribution in [0.3, 0.4) is 0 Å². The van der Waals surface area contributed by atoms with Gasteiger partial charge in [-0.25, -0.2) is 0 Å². The van der Waals surface area contributed by atoms with E-state index in [2.05, 4.69) is 37.4 Å². The zero-order chi connectivity index (χ0) is 12.3. The first-order valence-corrected chi connectivity index (χ1v) is 7.04. The van der Waals surface area contributed by atoms with Crippen molar-refractivity contribution in [1.82, 2.24) is 5.32 Å². The summed E-state index contributed by atoms with van der Waals surface area (Å²) in [6, 6.07) is 6.98. The summed E-state index contributed by atoms with van der Waals surface area (Å²) in [5.74, 6) is 0. The Hall–Kier alpha value is -0.530. The molecular formula is C15H22ClN. The number of hydrogen-bond donors (Lipinski definition) is 1. The third-order valence-electron chi connectivity index (χ3n) is 3.87. The largest absolute Gasteiger partial charge is 0.308 e. The molecule has 1 aliphatic rings. The molecule has 0 radical (unpaired) electrons. The summed E-state index contributed by atoms with van der Waals surface area (Å²) in [5.41, 5.74) is 4.18. The van der Waals surface area contributed by atoms with Crippen LogP contribution >= 0.6 is 11.6 Å². The molecular weight excluding hydrogens is 230 g/mol. The van der Waals surface area contributed by atoms with E-state index in [4.69, 9.17) is 11.6 Å². The van der Waals surface area contributed by atoms with Gasteiger partial charge < -0.3 is 5.32 Å². The highest BCUT2D eigenvalue weighted by molar-refractivity contribution is 6.21. The summed E-state index contributed by atoms with van der Waals surface area (Å²) in [6.45, 7) is 5.32. The van der Waals surface area contributed by atoms with Crippen molar-refractivity contribution >= 4 is 11.6 Å². The van der Waals surface area contributed by atoms with Crippen molar-refractivity contribution in [2.45, 2.75) is 57.5 Å². The molecule has 0 aliphatic heterocycles. The van der Waals surface area contributed by atoms with Crippen LogP contribution in [0.25, 0.3) is 0 Å². The van der Waals surface area contributed by atoms with Gasteiger partial charge in [-0.2, -0.15) is 0 Å². The molecule has 2 rings (SSSR count). The van der Waals surface area contributed by atoms with Gasteiger partial charge in [0.15, 0.2) is 0 Å². The molecule has 94 valence electrons. The molecule has 0 saturated heterocycles. The van der Waals surface area contributed by atoms with Crippen LogP contribution in [0.4, 0.5) is 0 Å². The Labute approximate surface area is 110 Å². The fourth-order valence-electron chi connectivity index (χ4n) is 2.68. The molecule has 1 fully saturated rings. The molecule has 1 nitrogen and oxygen atoms in total. The third-order valence-corrected chi connectivity index (χ3v) is 4.39. The molecule has 2 unspecified atom stereocenters. The van der Waals surface area contributed by atoms with Gasteiger partial charge in [0, 0.05) is 18.0 Å². The van der Waals surface area contributed by atoms with Crippen molar-refractivity contribution in [2.24, 2.45) is 0 Å². The maximum Gasteiger partial charge on any atom is 0.0489 e. The van der Waals surface area contributed by atoms with E-state index in [1.54, 1.807) is 0 Å². The van der Waals surface area contributed by atoms with Crippen LogP contribution < -0.4 is 5.32 Å². The van der Waals surface area contributed by atoms with Crippen LogP contribution in [0, 0.1) is 13.8 Å². The minimum absolute atomic E-state index is 0.313. The fraction of sp³-hybridized carbons (Fsp3) is 0.600. The molecule has 17 heavy (non-hydrogen) atoms. The van der Waals surface area contributed by atoms with Gasteiger partial charge in [-0.1, -0.05) is 31.0 Å². The third kappa shape index (κ3) is 3.23. The second-order valence-electron chi connectivity index (χ2n) is 5.16. The first kappa shape index (κ1) is 12.9. The number of halogens is 1. The van der Waals surface area contributed by atoms with E-state index < -0.39 is 0 Å². The summed E-state index contributed by atoms with van der Waals surface area (Å²) in [4.78, 5) is 0. The van der Waals surface area contributed by atoms with Gasteiger partial charge in [0.2, 0.25) is 0 Å². The lowest BCUT2D eigenvalue weighted by molar-refractivity contribution is 0.378. The lowest BCUT2D eigenvalue weighted by atomic mass is 9.94. The zero-order valence-corrected chi connectivity index (χ0v) is 11.6. The Morgan fingerprint density at radius 2 is 1.82 bits per heavy atom. The molecule has 0 aromatic heterocycles. The van der Waals surface area contributed by atoms with Crippen molar-refractivity contribution in [3.05, 3.63) is 34.9 Å². The summed E-state index contributed by atoms with van der Waals surface area (Å²) >= 11 is 6.37. The molecule has 0 amide bonds. The minimum atomic E-state index is 0.313. The lowest BCUT2D eigenvalue weighted by Crippen LogP contribution is -2.39. The van der Waals surface area contributed by atoms with Gasteiger partial charge >= 0.3 is 0 Å². The molecule has 2 heteroatoms. The Bertz CT molecular complexity index is 355. The first-order valence-electron chi connectivity index (χ1n) is 6.61.